The smallest absolute Gasteiger partial charge is 0.161 e. The molecule has 1 aromatic rings. The molecule has 0 bridgehead atoms. The summed E-state index contributed by atoms with van der Waals surface area (Å²) in [6.07, 6.45) is 1.64. The third kappa shape index (κ3) is 6.02. The molecule has 0 amide bonds. The maximum absolute atomic E-state index is 9.07. The topological polar surface area (TPSA) is 80.7 Å². The lowest BCUT2D eigenvalue weighted by atomic mass is 10.1. The van der Waals surface area contributed by atoms with E-state index >= 15 is 0 Å². The van der Waals surface area contributed by atoms with Crippen LogP contribution >= 0.6 is 12.2 Å². The largest absolute Gasteiger partial charge is 0.490 e. The van der Waals surface area contributed by atoms with Crippen LogP contribution in [-0.4, -0.2) is 56.0 Å². The van der Waals surface area contributed by atoms with Crippen molar-refractivity contribution in [2.24, 2.45) is 5.73 Å². The number of nitrogens with zero attached hydrogens (tertiary/aromatic N) is 2. The Morgan fingerprint density at radius 2 is 2.12 bits per heavy atom. The third-order valence-electron chi connectivity index (χ3n) is 3.73. The van der Waals surface area contributed by atoms with Gasteiger partial charge in [-0.15, -0.1) is 0 Å². The quantitative estimate of drug-likeness (QED) is 0.431. The summed E-state index contributed by atoms with van der Waals surface area (Å²) in [5.74, 6) is 1.32. The molecule has 0 spiro atoms. The van der Waals surface area contributed by atoms with Gasteiger partial charge in [0, 0.05) is 19.6 Å². The van der Waals surface area contributed by atoms with E-state index in [2.05, 4.69) is 4.90 Å². The number of benzene rings is 1. The van der Waals surface area contributed by atoms with Crippen LogP contribution in [0.15, 0.2) is 23.8 Å². The summed E-state index contributed by atoms with van der Waals surface area (Å²) in [5.41, 5.74) is 6.58. The molecule has 25 heavy (non-hydrogen) atoms. The van der Waals surface area contributed by atoms with Crippen molar-refractivity contribution in [2.45, 2.75) is 6.92 Å². The number of hydrogen-bond donors (Lipinski definition) is 1. The molecule has 0 radical (unpaired) electrons. The Hall–Kier alpha value is -2.14. The van der Waals surface area contributed by atoms with E-state index in [1.54, 1.807) is 6.08 Å². The van der Waals surface area contributed by atoms with E-state index in [1.165, 1.54) is 0 Å². The molecular weight excluding hydrogens is 338 g/mol. The van der Waals surface area contributed by atoms with Crippen LogP contribution in [0.4, 0.5) is 0 Å². The normalized spacial score (nSPS) is 15.4. The van der Waals surface area contributed by atoms with Gasteiger partial charge in [-0.1, -0.05) is 18.3 Å². The molecule has 1 aliphatic heterocycles. The van der Waals surface area contributed by atoms with Crippen LogP contribution < -0.4 is 15.2 Å². The van der Waals surface area contributed by atoms with Gasteiger partial charge < -0.3 is 19.9 Å². The highest BCUT2D eigenvalue weighted by molar-refractivity contribution is 7.80. The van der Waals surface area contributed by atoms with Crippen LogP contribution in [-0.2, 0) is 4.74 Å². The molecule has 1 fully saturated rings. The second-order valence-corrected chi connectivity index (χ2v) is 5.92. The molecule has 6 nitrogen and oxygen atoms in total. The first kappa shape index (κ1) is 19.2. The lowest BCUT2D eigenvalue weighted by Crippen LogP contribution is -2.38. The summed E-state index contributed by atoms with van der Waals surface area (Å²) in [6.45, 7) is 7.26. The first-order chi connectivity index (χ1) is 12.1. The first-order valence-corrected chi connectivity index (χ1v) is 8.66. The predicted octanol–water partition coefficient (Wildman–Crippen LogP) is 1.99. The van der Waals surface area contributed by atoms with Crippen LogP contribution in [0.5, 0.6) is 11.5 Å². The number of nitrogens with two attached hydrogens (primary N) is 1. The highest BCUT2D eigenvalue weighted by Crippen LogP contribution is 2.29. The number of hydrogen-bond acceptors (Lipinski definition) is 6. The number of ether oxygens (including phenoxy) is 3. The van der Waals surface area contributed by atoms with Crippen molar-refractivity contribution in [1.29, 1.82) is 5.26 Å². The minimum atomic E-state index is 0.0753. The Bertz CT molecular complexity index is 664. The van der Waals surface area contributed by atoms with Crippen LogP contribution in [0.2, 0.25) is 0 Å². The molecule has 1 aromatic carbocycles. The van der Waals surface area contributed by atoms with E-state index in [0.29, 0.717) is 24.7 Å². The van der Waals surface area contributed by atoms with E-state index in [4.69, 9.17) is 37.4 Å². The first-order valence-electron chi connectivity index (χ1n) is 8.25. The fraction of sp³-hybridized carbons (Fsp3) is 0.444. The zero-order valence-corrected chi connectivity index (χ0v) is 15.2. The third-order valence-corrected chi connectivity index (χ3v) is 3.95. The van der Waals surface area contributed by atoms with Crippen LogP contribution in [0.1, 0.15) is 12.5 Å². The van der Waals surface area contributed by atoms with Gasteiger partial charge in [-0.2, -0.15) is 5.26 Å². The van der Waals surface area contributed by atoms with Gasteiger partial charge in [0.1, 0.15) is 17.7 Å². The fourth-order valence-electron chi connectivity index (χ4n) is 2.44. The van der Waals surface area contributed by atoms with Gasteiger partial charge in [-0.3, -0.25) is 4.90 Å². The second-order valence-electron chi connectivity index (χ2n) is 5.48. The van der Waals surface area contributed by atoms with Gasteiger partial charge >= 0.3 is 0 Å². The van der Waals surface area contributed by atoms with Crippen molar-refractivity contribution in [3.63, 3.8) is 0 Å². The lowest BCUT2D eigenvalue weighted by molar-refractivity contribution is 0.0321. The lowest BCUT2D eigenvalue weighted by Gasteiger charge is -2.26. The van der Waals surface area contributed by atoms with Crippen LogP contribution in [0.25, 0.3) is 6.08 Å². The van der Waals surface area contributed by atoms with Crippen LogP contribution in [0, 0.1) is 11.3 Å². The Morgan fingerprint density at radius 3 is 2.76 bits per heavy atom. The minimum absolute atomic E-state index is 0.0753. The van der Waals surface area contributed by atoms with Gasteiger partial charge in [0.2, 0.25) is 0 Å². The highest BCUT2D eigenvalue weighted by Gasteiger charge is 2.11. The maximum Gasteiger partial charge on any atom is 0.161 e. The molecule has 0 unspecified atom stereocenters. The maximum atomic E-state index is 9.07. The standard InChI is InChI=1S/C18H23N3O3S/c1-2-23-17-12-14(11-15(13-19)18(20)25)3-4-16(17)24-10-7-21-5-8-22-9-6-21/h3-4,11-12H,2,5-10H2,1H3,(H2,20,25)/b15-11+. The Morgan fingerprint density at radius 1 is 1.36 bits per heavy atom. The summed E-state index contributed by atoms with van der Waals surface area (Å²) in [5, 5.41) is 9.07. The Kier molecular flexibility index (Phi) is 7.67. The number of thiocarbonyl (C=S) groups is 1. The zero-order chi connectivity index (χ0) is 18.1. The number of nitriles is 1. The molecule has 1 saturated heterocycles. The van der Waals surface area contributed by atoms with Crippen molar-refractivity contribution in [3.8, 4) is 17.6 Å². The molecule has 2 rings (SSSR count). The van der Waals surface area contributed by atoms with E-state index in [9.17, 15) is 0 Å². The minimum Gasteiger partial charge on any atom is -0.490 e. The van der Waals surface area contributed by atoms with Gasteiger partial charge in [-0.05, 0) is 30.7 Å². The molecule has 7 heteroatoms. The van der Waals surface area contributed by atoms with Gasteiger partial charge in [0.15, 0.2) is 11.5 Å². The number of morpholine rings is 1. The molecule has 0 aliphatic carbocycles. The van der Waals surface area contributed by atoms with Gasteiger partial charge in [0.25, 0.3) is 0 Å². The monoisotopic (exact) mass is 361 g/mol. The summed E-state index contributed by atoms with van der Waals surface area (Å²) in [4.78, 5) is 2.38. The second kappa shape index (κ2) is 9.99. The van der Waals surface area contributed by atoms with Crippen molar-refractivity contribution >= 4 is 23.3 Å². The predicted molar refractivity (Wildman–Crippen MR) is 101 cm³/mol. The van der Waals surface area contributed by atoms with E-state index in [0.717, 1.165) is 38.4 Å². The average molecular weight is 361 g/mol. The van der Waals surface area contributed by atoms with E-state index in [-0.39, 0.29) is 10.6 Å². The molecule has 0 atom stereocenters. The zero-order valence-electron chi connectivity index (χ0n) is 14.4. The van der Waals surface area contributed by atoms with Gasteiger partial charge in [-0.25, -0.2) is 0 Å². The van der Waals surface area contributed by atoms with E-state index < -0.39 is 0 Å². The van der Waals surface area contributed by atoms with Gasteiger partial charge in [0.05, 0.1) is 25.4 Å². The fourth-order valence-corrected chi connectivity index (χ4v) is 2.54. The molecule has 2 N–H and O–H groups in total. The number of rotatable bonds is 8. The molecule has 1 heterocycles. The van der Waals surface area contributed by atoms with Crippen molar-refractivity contribution in [2.75, 3.05) is 46.1 Å². The molecule has 1 aliphatic rings. The summed E-state index contributed by atoms with van der Waals surface area (Å²) < 4.78 is 16.9. The molecule has 0 saturated carbocycles. The average Bonchev–Trinajstić information content (AvgIpc) is 2.62. The summed E-state index contributed by atoms with van der Waals surface area (Å²) in [6, 6.07) is 7.50. The Balaban J connectivity index is 2.04. The van der Waals surface area contributed by atoms with Crippen molar-refractivity contribution < 1.29 is 14.2 Å². The van der Waals surface area contributed by atoms with Crippen LogP contribution in [0.3, 0.4) is 0 Å². The molecule has 134 valence electrons. The Labute approximate surface area is 153 Å². The highest BCUT2D eigenvalue weighted by atomic mass is 32.1. The SMILES string of the molecule is CCOc1cc(/C=C(\C#N)C(N)=S)ccc1OCCN1CCOCC1. The van der Waals surface area contributed by atoms with Crippen molar-refractivity contribution in [1.82, 2.24) is 4.90 Å². The summed E-state index contributed by atoms with van der Waals surface area (Å²) in [7, 11) is 0. The molecular formula is C18H23N3O3S. The van der Waals surface area contributed by atoms with E-state index in [1.807, 2.05) is 31.2 Å². The summed E-state index contributed by atoms with van der Waals surface area (Å²) >= 11 is 4.86. The molecule has 0 aromatic heterocycles. The van der Waals surface area contributed by atoms with Crippen molar-refractivity contribution in [3.05, 3.63) is 29.3 Å².